The highest BCUT2D eigenvalue weighted by molar-refractivity contribution is 7.82. The number of anilines is 1. The number of pyridine rings is 1. The van der Waals surface area contributed by atoms with Crippen molar-refractivity contribution in [3.05, 3.63) is 65.3 Å². The van der Waals surface area contributed by atoms with Crippen LogP contribution in [0.15, 0.2) is 64.3 Å². The molecule has 2 atom stereocenters. The number of thiol groups is 1. The Kier molecular flexibility index (Phi) is 7.52. The van der Waals surface area contributed by atoms with Gasteiger partial charge in [-0.1, -0.05) is 9.78 Å². The largest absolute Gasteiger partial charge is 0.488 e. The lowest BCUT2D eigenvalue weighted by Crippen LogP contribution is -2.76. The molecule has 1 aromatic heterocycles. The van der Waals surface area contributed by atoms with E-state index >= 15 is 0 Å². The predicted octanol–water partition coefficient (Wildman–Crippen LogP) is 2.88. The average Bonchev–Trinajstić information content (AvgIpc) is 2.92. The van der Waals surface area contributed by atoms with Crippen molar-refractivity contribution in [2.45, 2.75) is 24.7 Å². The molecule has 3 N–H and O–H groups in total. The second-order valence-corrected chi connectivity index (χ2v) is 11.4. The first-order chi connectivity index (χ1) is 17.9. The summed E-state index contributed by atoms with van der Waals surface area (Å²) in [4.78, 5) is 7.23. The van der Waals surface area contributed by atoms with Gasteiger partial charge in [0.15, 0.2) is 27.4 Å². The maximum atomic E-state index is 13.8. The molecule has 10 heteroatoms. The number of nitrogens with two attached hydrogens (primary N) is 1. The molecule has 1 aromatic carbocycles. The van der Waals surface area contributed by atoms with E-state index in [0.29, 0.717) is 50.0 Å². The third kappa shape index (κ3) is 5.24. The molecule has 2 aliphatic heterocycles. The van der Waals surface area contributed by atoms with E-state index in [2.05, 4.69) is 11.1 Å². The number of halogens is 1. The van der Waals surface area contributed by atoms with Crippen molar-refractivity contribution in [3.63, 3.8) is 0 Å². The molecule has 0 bridgehead atoms. The lowest BCUT2D eigenvalue weighted by Gasteiger charge is -2.44. The number of quaternary nitrogens is 1. The molecule has 0 spiro atoms. The molecule has 1 fully saturated rings. The molecule has 5 rings (SSSR count). The summed E-state index contributed by atoms with van der Waals surface area (Å²) in [6.45, 7) is 5.61. The van der Waals surface area contributed by atoms with Crippen LogP contribution < -0.4 is 15.0 Å². The van der Waals surface area contributed by atoms with Gasteiger partial charge in [0.2, 0.25) is 0 Å². The summed E-state index contributed by atoms with van der Waals surface area (Å²) in [5.74, 6) is 1.17. The third-order valence-corrected chi connectivity index (χ3v) is 8.87. The molecule has 3 aliphatic rings. The zero-order valence-electron chi connectivity index (χ0n) is 21.2. The Morgan fingerprint density at radius 3 is 2.89 bits per heavy atom. The van der Waals surface area contributed by atoms with Crippen molar-refractivity contribution in [1.29, 1.82) is 5.41 Å². The molecular weight excluding hydrogens is 493 g/mol. The molecular formula is C27H34FN5O3S+2. The summed E-state index contributed by atoms with van der Waals surface area (Å²) in [6, 6.07) is 8.23. The smallest absolute Gasteiger partial charge is 0.197 e. The number of rotatable bonds is 8. The number of nitrogens with one attached hydrogen (secondary N) is 1. The van der Waals surface area contributed by atoms with Crippen LogP contribution in [0.5, 0.6) is 5.75 Å². The molecule has 1 saturated heterocycles. The van der Waals surface area contributed by atoms with Gasteiger partial charge in [-0.25, -0.2) is 9.37 Å². The lowest BCUT2D eigenvalue weighted by atomic mass is 9.69. The van der Waals surface area contributed by atoms with Gasteiger partial charge in [-0.2, -0.15) is 0 Å². The number of allylic oxidation sites excluding steroid dienone is 2. The molecule has 0 saturated carbocycles. The van der Waals surface area contributed by atoms with Crippen LogP contribution in [-0.4, -0.2) is 62.0 Å². The van der Waals surface area contributed by atoms with E-state index in [4.69, 9.17) is 14.9 Å². The quantitative estimate of drug-likeness (QED) is 0.238. The van der Waals surface area contributed by atoms with Crippen LogP contribution in [0.1, 0.15) is 19.8 Å². The minimum absolute atomic E-state index is 0.273. The molecule has 0 amide bonds. The summed E-state index contributed by atoms with van der Waals surface area (Å²) < 4.78 is 40.9. The number of nitrogens with zero attached hydrogens (tertiary/aromatic N) is 3. The van der Waals surface area contributed by atoms with Gasteiger partial charge in [0.05, 0.1) is 25.9 Å². The number of hydrogen-bond acceptors (Lipinski definition) is 6. The van der Waals surface area contributed by atoms with E-state index in [9.17, 15) is 8.60 Å². The van der Waals surface area contributed by atoms with Crippen LogP contribution in [0.2, 0.25) is 0 Å². The van der Waals surface area contributed by atoms with Gasteiger partial charge in [0.1, 0.15) is 23.8 Å². The van der Waals surface area contributed by atoms with Crippen molar-refractivity contribution in [1.82, 2.24) is 9.29 Å². The Morgan fingerprint density at radius 2 is 2.14 bits per heavy atom. The van der Waals surface area contributed by atoms with Gasteiger partial charge in [-0.05, 0) is 38.0 Å². The van der Waals surface area contributed by atoms with E-state index in [-0.39, 0.29) is 11.2 Å². The van der Waals surface area contributed by atoms with E-state index in [1.165, 1.54) is 23.9 Å². The Bertz CT molecular complexity index is 1270. The van der Waals surface area contributed by atoms with Crippen molar-refractivity contribution in [2.24, 2.45) is 5.41 Å². The highest BCUT2D eigenvalue weighted by Crippen LogP contribution is 2.45. The van der Waals surface area contributed by atoms with Gasteiger partial charge in [0.25, 0.3) is 0 Å². The van der Waals surface area contributed by atoms with Gasteiger partial charge >= 0.3 is 0 Å². The summed E-state index contributed by atoms with van der Waals surface area (Å²) in [6.07, 6.45) is 6.61. The van der Waals surface area contributed by atoms with Crippen LogP contribution >= 0.6 is 0 Å². The fraction of sp³-hybridized carbons (Fsp3) is 0.407. The van der Waals surface area contributed by atoms with Crippen LogP contribution in [0.4, 0.5) is 15.9 Å². The van der Waals surface area contributed by atoms with E-state index < -0.39 is 11.0 Å². The zero-order chi connectivity index (χ0) is 26.0. The average molecular weight is 528 g/mol. The molecule has 2 unspecified atom stereocenters. The molecule has 196 valence electrons. The summed E-state index contributed by atoms with van der Waals surface area (Å²) in [7, 11) is 0.124. The first kappa shape index (κ1) is 25.7. The number of hydrogen-bond donors (Lipinski definition) is 2. The lowest BCUT2D eigenvalue weighted by molar-refractivity contribution is -0.513. The Labute approximate surface area is 219 Å². The maximum Gasteiger partial charge on any atom is 0.197 e. The highest BCUT2D eigenvalue weighted by atomic mass is 32.2. The van der Waals surface area contributed by atoms with Gasteiger partial charge in [-0.3, -0.25) is 5.32 Å². The Hall–Kier alpha value is -2.92. The molecule has 8 nitrogen and oxygen atoms in total. The predicted molar refractivity (Wildman–Crippen MR) is 142 cm³/mol. The van der Waals surface area contributed by atoms with E-state index in [1.807, 2.05) is 34.6 Å². The minimum atomic E-state index is -1.85. The van der Waals surface area contributed by atoms with Crippen LogP contribution in [0, 0.1) is 16.6 Å². The molecule has 37 heavy (non-hydrogen) atoms. The van der Waals surface area contributed by atoms with Crippen LogP contribution in [-0.2, 0) is 19.9 Å². The van der Waals surface area contributed by atoms with Gasteiger partial charge < -0.3 is 19.8 Å². The van der Waals surface area contributed by atoms with Gasteiger partial charge in [-0.15, -0.1) is 4.31 Å². The number of likely N-dealkylation sites (N-methyl/N-ethyl adjacent to an activating group) is 1. The zero-order valence-corrected chi connectivity index (χ0v) is 22.1. The normalized spacial score (nSPS) is 22.6. The van der Waals surface area contributed by atoms with Crippen molar-refractivity contribution in [2.75, 3.05) is 51.4 Å². The second kappa shape index (κ2) is 10.8. The fourth-order valence-corrected chi connectivity index (χ4v) is 6.71. The van der Waals surface area contributed by atoms with Crippen molar-refractivity contribution < 1.29 is 23.4 Å². The van der Waals surface area contributed by atoms with E-state index in [0.717, 1.165) is 35.7 Å². The first-order valence-electron chi connectivity index (χ1n) is 12.6. The third-order valence-electron chi connectivity index (χ3n) is 7.33. The van der Waals surface area contributed by atoms with Crippen molar-refractivity contribution in [3.8, 4) is 5.75 Å². The maximum absolute atomic E-state index is 13.8. The Balaban J connectivity index is 1.40. The second-order valence-electron chi connectivity index (χ2n) is 9.78. The summed E-state index contributed by atoms with van der Waals surface area (Å²) in [5.41, 5.74) is 3.61. The number of fused-ring (bicyclic) bond motifs is 2. The van der Waals surface area contributed by atoms with E-state index in [1.54, 1.807) is 18.3 Å². The number of ether oxygens (including phenoxy) is 2. The van der Waals surface area contributed by atoms with Gasteiger partial charge in [0, 0.05) is 55.6 Å². The highest BCUT2D eigenvalue weighted by Gasteiger charge is 2.47. The molecule has 0 radical (unpaired) electrons. The molecule has 2 aromatic rings. The number of aromatic nitrogens is 1. The first-order valence-corrected chi connectivity index (χ1v) is 13.8. The monoisotopic (exact) mass is 527 g/mol. The fourth-order valence-electron chi connectivity index (χ4n) is 5.32. The Morgan fingerprint density at radius 1 is 1.32 bits per heavy atom. The van der Waals surface area contributed by atoms with Crippen molar-refractivity contribution >= 4 is 28.7 Å². The van der Waals surface area contributed by atoms with Crippen LogP contribution in [0.3, 0.4) is 0 Å². The topological polar surface area (TPSA) is 95.4 Å². The number of benzene rings is 1. The number of piperidine rings is 1. The standard InChI is InChI=1S/C27H32FN5O3S/c1-3-35-18-27-14-19(15-29)24(31-22-6-4-21(28)5-7-22)12-20(27)8-9-33(17-27)37(34)23-13-25-26(30-16-23)32(2)10-11-36-25/h4-7,12-13,15-16,29,31H,3,8-11,14,17-18H2,1-2H3/p+2. The van der Waals surface area contributed by atoms with Crippen LogP contribution in [0.25, 0.3) is 0 Å². The SMILES string of the molecule is CCOCC12CC(C=N)=C([NH2+]c3ccc(F)cc3)C=C1CCN([SH+](=O)c1cnc3c(c1)OCCN3C)C2. The molecule has 3 heterocycles. The summed E-state index contributed by atoms with van der Waals surface area (Å²) in [5, 5.41) is 10.1. The minimum Gasteiger partial charge on any atom is -0.488 e. The molecule has 1 aliphatic carbocycles. The summed E-state index contributed by atoms with van der Waals surface area (Å²) >= 11 is 0.